The standard InChI is InChI=1S/C32H39N3O3/c36-31(37)21-28(27-11-4-10-26(20-27)24-8-2-1-3-9-24)23-38-30-14-7-19-35(22-30)18-6-13-29-16-15-25-12-5-17-33-32(25)34-29/h1-4,8-11,15-16,20,28,30H,5-7,12-14,17-19,21-23H2,(H,33,34)(H,36,37)/t28-,30-/m1/s1. The summed E-state index contributed by atoms with van der Waals surface area (Å²) in [6, 6.07) is 22.9. The van der Waals surface area contributed by atoms with E-state index in [4.69, 9.17) is 9.72 Å². The van der Waals surface area contributed by atoms with Crippen LogP contribution >= 0.6 is 0 Å². The van der Waals surface area contributed by atoms with Crippen LogP contribution < -0.4 is 5.32 Å². The third-order valence-corrected chi connectivity index (χ3v) is 7.74. The molecule has 2 aromatic carbocycles. The van der Waals surface area contributed by atoms with Gasteiger partial charge in [0.05, 0.1) is 19.1 Å². The van der Waals surface area contributed by atoms with Crippen molar-refractivity contribution in [2.24, 2.45) is 0 Å². The minimum atomic E-state index is -0.792. The van der Waals surface area contributed by atoms with Crippen LogP contribution in [-0.4, -0.2) is 59.8 Å². The van der Waals surface area contributed by atoms with Crippen LogP contribution in [0.4, 0.5) is 5.82 Å². The van der Waals surface area contributed by atoms with Gasteiger partial charge in [-0.15, -0.1) is 0 Å². The Bertz CT molecular complexity index is 1200. The van der Waals surface area contributed by atoms with E-state index in [1.54, 1.807) is 0 Å². The van der Waals surface area contributed by atoms with E-state index < -0.39 is 5.97 Å². The molecule has 1 saturated heterocycles. The number of aryl methyl sites for hydroxylation is 2. The topological polar surface area (TPSA) is 74.7 Å². The number of pyridine rings is 1. The van der Waals surface area contributed by atoms with Crippen LogP contribution in [0.25, 0.3) is 11.1 Å². The number of rotatable bonds is 11. The van der Waals surface area contributed by atoms with Crippen LogP contribution in [0.3, 0.4) is 0 Å². The first-order valence-corrected chi connectivity index (χ1v) is 14.1. The van der Waals surface area contributed by atoms with Gasteiger partial charge in [0.2, 0.25) is 0 Å². The number of fused-ring (bicyclic) bond motifs is 1. The fourth-order valence-electron chi connectivity index (χ4n) is 5.68. The van der Waals surface area contributed by atoms with Gasteiger partial charge in [-0.25, -0.2) is 4.98 Å². The molecule has 3 heterocycles. The van der Waals surface area contributed by atoms with Crippen molar-refractivity contribution >= 4 is 11.8 Å². The second kappa shape index (κ2) is 13.0. The smallest absolute Gasteiger partial charge is 0.304 e. The zero-order chi connectivity index (χ0) is 26.2. The lowest BCUT2D eigenvalue weighted by Gasteiger charge is -2.33. The summed E-state index contributed by atoms with van der Waals surface area (Å²) < 4.78 is 6.38. The predicted octanol–water partition coefficient (Wildman–Crippen LogP) is 5.78. The Hall–Kier alpha value is -3.22. The van der Waals surface area contributed by atoms with Gasteiger partial charge in [0.25, 0.3) is 0 Å². The summed E-state index contributed by atoms with van der Waals surface area (Å²) >= 11 is 0. The lowest BCUT2D eigenvalue weighted by atomic mass is 9.93. The van der Waals surface area contributed by atoms with E-state index in [1.807, 2.05) is 30.3 Å². The summed E-state index contributed by atoms with van der Waals surface area (Å²) in [7, 11) is 0. The molecule has 0 spiro atoms. The molecule has 200 valence electrons. The molecule has 6 heteroatoms. The SMILES string of the molecule is O=C(O)C[C@H](CO[C@@H]1CCCN(CCCc2ccc3c(n2)NCCC3)C1)c1cccc(-c2ccccc2)c1. The van der Waals surface area contributed by atoms with Crippen molar-refractivity contribution < 1.29 is 14.6 Å². The van der Waals surface area contributed by atoms with Gasteiger partial charge >= 0.3 is 5.97 Å². The van der Waals surface area contributed by atoms with Crippen molar-refractivity contribution in [3.05, 3.63) is 83.6 Å². The van der Waals surface area contributed by atoms with E-state index in [0.29, 0.717) is 6.61 Å². The number of nitrogens with zero attached hydrogens (tertiary/aromatic N) is 2. The highest BCUT2D eigenvalue weighted by Crippen LogP contribution is 2.28. The number of aromatic nitrogens is 1. The fourth-order valence-corrected chi connectivity index (χ4v) is 5.68. The van der Waals surface area contributed by atoms with Crippen molar-refractivity contribution in [2.75, 3.05) is 38.1 Å². The van der Waals surface area contributed by atoms with Gasteiger partial charge in [-0.1, -0.05) is 60.7 Å². The van der Waals surface area contributed by atoms with Crippen LogP contribution in [0, 0.1) is 0 Å². The van der Waals surface area contributed by atoms with E-state index in [2.05, 4.69) is 46.6 Å². The van der Waals surface area contributed by atoms with Gasteiger partial charge < -0.3 is 20.1 Å². The van der Waals surface area contributed by atoms with E-state index in [9.17, 15) is 9.90 Å². The molecule has 1 fully saturated rings. The molecule has 0 radical (unpaired) electrons. The minimum absolute atomic E-state index is 0.0668. The number of likely N-dealkylation sites (tertiary alicyclic amines) is 1. The minimum Gasteiger partial charge on any atom is -0.481 e. The number of benzene rings is 2. The Morgan fingerprint density at radius 2 is 1.95 bits per heavy atom. The first-order valence-electron chi connectivity index (χ1n) is 14.1. The zero-order valence-corrected chi connectivity index (χ0v) is 22.1. The maximum atomic E-state index is 11.7. The molecule has 5 rings (SSSR count). The van der Waals surface area contributed by atoms with E-state index in [0.717, 1.165) is 86.5 Å². The zero-order valence-electron chi connectivity index (χ0n) is 22.1. The first-order chi connectivity index (χ1) is 18.6. The molecule has 3 aromatic rings. The normalized spacial score (nSPS) is 18.4. The summed E-state index contributed by atoms with van der Waals surface area (Å²) in [6.07, 6.45) is 6.71. The van der Waals surface area contributed by atoms with Crippen LogP contribution in [0.15, 0.2) is 66.7 Å². The van der Waals surface area contributed by atoms with Crippen LogP contribution in [0.1, 0.15) is 54.8 Å². The second-order valence-electron chi connectivity index (χ2n) is 10.6. The number of aliphatic carboxylic acids is 1. The van der Waals surface area contributed by atoms with Crippen LogP contribution in [0.2, 0.25) is 0 Å². The molecule has 6 nitrogen and oxygen atoms in total. The molecular weight excluding hydrogens is 474 g/mol. The molecular formula is C32H39N3O3. The summed E-state index contributed by atoms with van der Waals surface area (Å²) in [4.78, 5) is 19.0. The predicted molar refractivity (Wildman–Crippen MR) is 152 cm³/mol. The summed E-state index contributed by atoms with van der Waals surface area (Å²) in [5.41, 5.74) is 5.76. The third-order valence-electron chi connectivity index (χ3n) is 7.74. The van der Waals surface area contributed by atoms with Gasteiger partial charge in [-0.05, 0) is 79.9 Å². The Labute approximate surface area is 226 Å². The Morgan fingerprint density at radius 1 is 1.08 bits per heavy atom. The van der Waals surface area contributed by atoms with Crippen molar-refractivity contribution in [1.29, 1.82) is 0 Å². The Kier molecular flexibility index (Phi) is 9.05. The quantitative estimate of drug-likeness (QED) is 0.339. The van der Waals surface area contributed by atoms with Gasteiger partial charge in [0.1, 0.15) is 5.82 Å². The molecule has 38 heavy (non-hydrogen) atoms. The highest BCUT2D eigenvalue weighted by molar-refractivity contribution is 5.69. The monoisotopic (exact) mass is 513 g/mol. The van der Waals surface area contributed by atoms with Crippen molar-refractivity contribution in [1.82, 2.24) is 9.88 Å². The van der Waals surface area contributed by atoms with Crippen molar-refractivity contribution in [3.63, 3.8) is 0 Å². The molecule has 1 aromatic heterocycles. The molecule has 2 N–H and O–H groups in total. The molecule has 2 aliphatic rings. The first kappa shape index (κ1) is 26.4. The van der Waals surface area contributed by atoms with Crippen LogP contribution in [-0.2, 0) is 22.4 Å². The van der Waals surface area contributed by atoms with Crippen molar-refractivity contribution in [3.8, 4) is 11.1 Å². The van der Waals surface area contributed by atoms with Gasteiger partial charge in [-0.2, -0.15) is 0 Å². The Balaban J connectivity index is 1.13. The summed E-state index contributed by atoms with van der Waals surface area (Å²) in [5, 5.41) is 13.0. The number of carboxylic acids is 1. The molecule has 0 bridgehead atoms. The van der Waals surface area contributed by atoms with Crippen molar-refractivity contribution in [2.45, 2.75) is 57.0 Å². The lowest BCUT2D eigenvalue weighted by Crippen LogP contribution is -2.40. The number of nitrogens with one attached hydrogen (secondary N) is 1. The van der Waals surface area contributed by atoms with Gasteiger partial charge in [0.15, 0.2) is 0 Å². The number of carbonyl (C=O) groups is 1. The molecule has 0 aliphatic carbocycles. The van der Waals surface area contributed by atoms with Gasteiger partial charge in [-0.3, -0.25) is 4.79 Å². The molecule has 0 amide bonds. The lowest BCUT2D eigenvalue weighted by molar-refractivity contribution is -0.138. The largest absolute Gasteiger partial charge is 0.481 e. The number of hydrogen-bond acceptors (Lipinski definition) is 5. The molecule has 0 saturated carbocycles. The molecule has 2 aliphatic heterocycles. The second-order valence-corrected chi connectivity index (χ2v) is 10.6. The average molecular weight is 514 g/mol. The highest BCUT2D eigenvalue weighted by atomic mass is 16.5. The molecule has 2 atom stereocenters. The Morgan fingerprint density at radius 3 is 2.82 bits per heavy atom. The molecule has 0 unspecified atom stereocenters. The maximum Gasteiger partial charge on any atom is 0.304 e. The number of anilines is 1. The summed E-state index contributed by atoms with van der Waals surface area (Å²) in [5.74, 6) is 0.112. The van der Waals surface area contributed by atoms with E-state index in [1.165, 1.54) is 12.0 Å². The maximum absolute atomic E-state index is 11.7. The fraction of sp³-hybridized carbons (Fsp3) is 0.438. The highest BCUT2D eigenvalue weighted by Gasteiger charge is 2.23. The summed E-state index contributed by atoms with van der Waals surface area (Å²) in [6.45, 7) is 4.48. The average Bonchev–Trinajstić information content (AvgIpc) is 2.96. The van der Waals surface area contributed by atoms with E-state index in [-0.39, 0.29) is 18.4 Å². The van der Waals surface area contributed by atoms with E-state index >= 15 is 0 Å². The third kappa shape index (κ3) is 7.21. The van der Waals surface area contributed by atoms with Gasteiger partial charge in [0, 0.05) is 24.7 Å². The number of carboxylic acid groups (broad SMARTS) is 1. The number of hydrogen-bond donors (Lipinski definition) is 2. The van der Waals surface area contributed by atoms with Crippen LogP contribution in [0.5, 0.6) is 0 Å². The number of piperidine rings is 1. The number of ether oxygens (including phenoxy) is 1.